The second-order valence-electron chi connectivity index (χ2n) is 3.96. The molecule has 0 aliphatic carbocycles. The lowest BCUT2D eigenvalue weighted by atomic mass is 9.97. The van der Waals surface area contributed by atoms with E-state index < -0.39 is 0 Å². The first-order chi connectivity index (χ1) is 8.34. The lowest BCUT2D eigenvalue weighted by Crippen LogP contribution is -2.37. The van der Waals surface area contributed by atoms with Gasteiger partial charge in [-0.05, 0) is 6.42 Å². The van der Waals surface area contributed by atoms with Crippen LogP contribution < -0.4 is 5.73 Å². The normalized spacial score (nSPS) is 25.0. The van der Waals surface area contributed by atoms with Crippen LogP contribution in [-0.4, -0.2) is 34.4 Å². The van der Waals surface area contributed by atoms with Crippen molar-refractivity contribution < 1.29 is 9.26 Å². The molecule has 2 atom stereocenters. The number of nitrogens with two attached hydrogens (primary N) is 1. The van der Waals surface area contributed by atoms with Gasteiger partial charge in [-0.3, -0.25) is 4.98 Å². The van der Waals surface area contributed by atoms with Crippen molar-refractivity contribution in [2.75, 3.05) is 13.2 Å². The Hall–Kier alpha value is -1.31. The zero-order valence-electron chi connectivity index (χ0n) is 9.07. The molecule has 2 aromatic heterocycles. The summed E-state index contributed by atoms with van der Waals surface area (Å²) in [7, 11) is 0. The molecule has 1 saturated heterocycles. The zero-order chi connectivity index (χ0) is 11.7. The molecule has 1 aliphatic rings. The van der Waals surface area contributed by atoms with Crippen molar-refractivity contribution in [1.82, 2.24) is 15.1 Å². The summed E-state index contributed by atoms with van der Waals surface area (Å²) < 4.78 is 10.6. The van der Waals surface area contributed by atoms with Gasteiger partial charge in [-0.15, -0.1) is 11.3 Å². The lowest BCUT2D eigenvalue weighted by molar-refractivity contribution is 0.0590. The van der Waals surface area contributed by atoms with Crippen molar-refractivity contribution in [1.29, 1.82) is 0 Å². The van der Waals surface area contributed by atoms with Gasteiger partial charge in [-0.1, -0.05) is 5.16 Å². The Morgan fingerprint density at radius 3 is 3.18 bits per heavy atom. The predicted octanol–water partition coefficient (Wildman–Crippen LogP) is 1.02. The first kappa shape index (κ1) is 10.8. The average molecular weight is 252 g/mol. The molecule has 6 nitrogen and oxygen atoms in total. The van der Waals surface area contributed by atoms with E-state index in [1.54, 1.807) is 11.7 Å². The molecule has 2 unspecified atom stereocenters. The molecule has 90 valence electrons. The van der Waals surface area contributed by atoms with Gasteiger partial charge in [0.1, 0.15) is 0 Å². The first-order valence-electron chi connectivity index (χ1n) is 5.40. The maximum Gasteiger partial charge on any atom is 0.234 e. The minimum atomic E-state index is -0.00192. The number of hydrogen-bond acceptors (Lipinski definition) is 7. The van der Waals surface area contributed by atoms with E-state index in [1.807, 2.05) is 0 Å². The Kier molecular flexibility index (Phi) is 2.87. The molecule has 0 amide bonds. The molecule has 0 spiro atoms. The molecule has 0 aromatic carbocycles. The molecular weight excluding hydrogens is 240 g/mol. The van der Waals surface area contributed by atoms with Crippen molar-refractivity contribution >= 4 is 11.3 Å². The Bertz CT molecular complexity index is 484. The molecule has 1 fully saturated rings. The fraction of sp³-hybridized carbons (Fsp3) is 0.500. The maximum atomic E-state index is 6.02. The first-order valence-corrected chi connectivity index (χ1v) is 6.28. The Morgan fingerprint density at radius 1 is 1.47 bits per heavy atom. The molecule has 2 aromatic rings. The van der Waals surface area contributed by atoms with E-state index in [0.717, 1.165) is 11.3 Å². The van der Waals surface area contributed by atoms with Crippen LogP contribution in [0.4, 0.5) is 0 Å². The van der Waals surface area contributed by atoms with Gasteiger partial charge >= 0.3 is 0 Å². The Morgan fingerprint density at radius 2 is 2.41 bits per heavy atom. The smallest absolute Gasteiger partial charge is 0.234 e. The minimum absolute atomic E-state index is 0.00192. The third kappa shape index (κ3) is 2.08. The fourth-order valence-electron chi connectivity index (χ4n) is 1.82. The van der Waals surface area contributed by atoms with Gasteiger partial charge in [0, 0.05) is 18.8 Å². The second kappa shape index (κ2) is 4.52. The quantitative estimate of drug-likeness (QED) is 0.858. The van der Waals surface area contributed by atoms with Crippen LogP contribution in [0.1, 0.15) is 18.2 Å². The molecule has 2 N–H and O–H groups in total. The monoisotopic (exact) mass is 252 g/mol. The van der Waals surface area contributed by atoms with Gasteiger partial charge < -0.3 is 15.0 Å². The average Bonchev–Trinajstić information content (AvgIpc) is 3.00. The van der Waals surface area contributed by atoms with E-state index in [-0.39, 0.29) is 12.0 Å². The highest BCUT2D eigenvalue weighted by Gasteiger charge is 2.29. The topological polar surface area (TPSA) is 87.1 Å². The number of hydrogen-bond donors (Lipinski definition) is 1. The second-order valence-corrected chi connectivity index (χ2v) is 4.84. The minimum Gasteiger partial charge on any atom is -0.381 e. The summed E-state index contributed by atoms with van der Waals surface area (Å²) >= 11 is 1.48. The van der Waals surface area contributed by atoms with Crippen LogP contribution in [0.3, 0.4) is 0 Å². The van der Waals surface area contributed by atoms with Crippen LogP contribution in [0.25, 0.3) is 10.7 Å². The van der Waals surface area contributed by atoms with Gasteiger partial charge in [0.05, 0.1) is 22.9 Å². The van der Waals surface area contributed by atoms with Crippen LogP contribution in [0, 0.1) is 0 Å². The highest BCUT2D eigenvalue weighted by atomic mass is 32.1. The molecular formula is C10H12N4O2S. The number of aromatic nitrogens is 3. The molecule has 3 rings (SSSR count). The summed E-state index contributed by atoms with van der Waals surface area (Å²) in [6.45, 7) is 1.25. The van der Waals surface area contributed by atoms with E-state index in [1.165, 1.54) is 11.3 Å². The zero-order valence-corrected chi connectivity index (χ0v) is 9.89. The maximum absolute atomic E-state index is 6.02. The molecule has 3 heterocycles. The molecule has 17 heavy (non-hydrogen) atoms. The van der Waals surface area contributed by atoms with E-state index in [0.29, 0.717) is 24.9 Å². The lowest BCUT2D eigenvalue weighted by Gasteiger charge is -2.25. The SMILES string of the molecule is NC1CCOCC1c1nc(-c2cncs2)no1. The van der Waals surface area contributed by atoms with E-state index >= 15 is 0 Å². The van der Waals surface area contributed by atoms with Crippen molar-refractivity contribution in [2.45, 2.75) is 18.4 Å². The van der Waals surface area contributed by atoms with Crippen LogP contribution in [-0.2, 0) is 4.74 Å². The van der Waals surface area contributed by atoms with E-state index in [4.69, 9.17) is 15.0 Å². The summed E-state index contributed by atoms with van der Waals surface area (Å²) in [5, 5.41) is 3.94. The van der Waals surface area contributed by atoms with Gasteiger partial charge in [-0.25, -0.2) is 0 Å². The van der Waals surface area contributed by atoms with Crippen molar-refractivity contribution in [2.24, 2.45) is 5.73 Å². The van der Waals surface area contributed by atoms with Crippen LogP contribution in [0.15, 0.2) is 16.2 Å². The summed E-state index contributed by atoms with van der Waals surface area (Å²) in [5.74, 6) is 1.12. The van der Waals surface area contributed by atoms with Crippen molar-refractivity contribution in [3.8, 4) is 10.7 Å². The van der Waals surface area contributed by atoms with E-state index in [9.17, 15) is 0 Å². The summed E-state index contributed by atoms with van der Waals surface area (Å²) in [5.41, 5.74) is 7.76. The predicted molar refractivity (Wildman–Crippen MR) is 61.6 cm³/mol. The Labute approximate surface area is 102 Å². The molecule has 7 heteroatoms. The van der Waals surface area contributed by atoms with Crippen LogP contribution in [0.5, 0.6) is 0 Å². The highest BCUT2D eigenvalue weighted by molar-refractivity contribution is 7.13. The summed E-state index contributed by atoms with van der Waals surface area (Å²) in [6.07, 6.45) is 2.54. The standard InChI is InChI=1S/C10H12N4O2S/c11-7-1-2-15-4-6(7)10-13-9(14-16-10)8-3-12-5-17-8/h3,5-7H,1-2,4,11H2. The van der Waals surface area contributed by atoms with Gasteiger partial charge in [0.25, 0.3) is 0 Å². The van der Waals surface area contributed by atoms with Gasteiger partial charge in [0.2, 0.25) is 11.7 Å². The number of ether oxygens (including phenoxy) is 1. The van der Waals surface area contributed by atoms with Crippen molar-refractivity contribution in [3.05, 3.63) is 17.6 Å². The van der Waals surface area contributed by atoms with Crippen LogP contribution >= 0.6 is 11.3 Å². The molecule has 0 bridgehead atoms. The highest BCUT2D eigenvalue weighted by Crippen LogP contribution is 2.26. The van der Waals surface area contributed by atoms with Crippen molar-refractivity contribution in [3.63, 3.8) is 0 Å². The summed E-state index contributed by atoms with van der Waals surface area (Å²) in [6, 6.07) is 0.0264. The third-order valence-electron chi connectivity index (χ3n) is 2.82. The van der Waals surface area contributed by atoms with E-state index in [2.05, 4.69) is 15.1 Å². The number of rotatable bonds is 2. The molecule has 0 saturated carbocycles. The third-order valence-corrected chi connectivity index (χ3v) is 3.59. The van der Waals surface area contributed by atoms with Gasteiger partial charge in [0.15, 0.2) is 0 Å². The Balaban J connectivity index is 1.84. The summed E-state index contributed by atoms with van der Waals surface area (Å²) in [4.78, 5) is 9.24. The molecule has 1 aliphatic heterocycles. The number of nitrogens with zero attached hydrogens (tertiary/aromatic N) is 3. The molecule has 0 radical (unpaired) electrons. The van der Waals surface area contributed by atoms with Crippen LogP contribution in [0.2, 0.25) is 0 Å². The number of thiazole rings is 1. The van der Waals surface area contributed by atoms with Gasteiger partial charge in [-0.2, -0.15) is 4.98 Å². The fourth-order valence-corrected chi connectivity index (χ4v) is 2.37. The largest absolute Gasteiger partial charge is 0.381 e.